The van der Waals surface area contributed by atoms with Gasteiger partial charge in [0.2, 0.25) is 0 Å². The highest BCUT2D eigenvalue weighted by molar-refractivity contribution is 6.13. The van der Waals surface area contributed by atoms with Crippen molar-refractivity contribution in [1.29, 1.82) is 0 Å². The van der Waals surface area contributed by atoms with Crippen LogP contribution in [0.1, 0.15) is 46.8 Å². The molecule has 0 aliphatic rings. The van der Waals surface area contributed by atoms with Gasteiger partial charge in [-0.1, -0.05) is 80.1 Å². The van der Waals surface area contributed by atoms with Crippen LogP contribution in [0.2, 0.25) is 0 Å². The molecule has 4 nitrogen and oxygen atoms in total. The summed E-state index contributed by atoms with van der Waals surface area (Å²) >= 11 is 0. The fraction of sp³-hybridized carbons (Fsp3) is 0.200. The summed E-state index contributed by atoms with van der Waals surface area (Å²) in [5.74, 6) is -0.133. The van der Waals surface area contributed by atoms with Gasteiger partial charge in [-0.3, -0.25) is 10.1 Å². The van der Waals surface area contributed by atoms with Gasteiger partial charge in [-0.2, -0.15) is 0 Å². The molecule has 3 aromatic rings. The Hall–Kier alpha value is -3.40. The molecule has 0 bridgehead atoms. The second kappa shape index (κ2) is 10.2. The molecular formula is C25H25NO3. The van der Waals surface area contributed by atoms with Gasteiger partial charge in [0.05, 0.1) is 5.69 Å². The summed E-state index contributed by atoms with van der Waals surface area (Å²) in [7, 11) is 0. The number of nitrogens with one attached hydrogen (secondary N) is 1. The van der Waals surface area contributed by atoms with Crippen LogP contribution in [0.5, 0.6) is 0 Å². The van der Waals surface area contributed by atoms with Crippen LogP contribution in [0.3, 0.4) is 0 Å². The lowest BCUT2D eigenvalue weighted by Crippen LogP contribution is -2.16. The molecule has 0 aliphatic carbocycles. The molecule has 3 aromatic carbocycles. The molecule has 0 atom stereocenters. The van der Waals surface area contributed by atoms with Gasteiger partial charge in [0.15, 0.2) is 5.78 Å². The lowest BCUT2D eigenvalue weighted by Gasteiger charge is -2.11. The number of carbonyl (C=O) groups is 2. The van der Waals surface area contributed by atoms with Crippen LogP contribution >= 0.6 is 0 Å². The summed E-state index contributed by atoms with van der Waals surface area (Å²) in [5, 5.41) is 2.69. The van der Waals surface area contributed by atoms with Gasteiger partial charge < -0.3 is 4.74 Å². The van der Waals surface area contributed by atoms with Gasteiger partial charge in [-0.05, 0) is 36.1 Å². The van der Waals surface area contributed by atoms with Crippen LogP contribution in [0.25, 0.3) is 0 Å². The Morgan fingerprint density at radius 1 is 0.828 bits per heavy atom. The fourth-order valence-corrected chi connectivity index (χ4v) is 3.02. The third-order valence-corrected chi connectivity index (χ3v) is 4.66. The molecule has 0 saturated carbocycles. The summed E-state index contributed by atoms with van der Waals surface area (Å²) in [6.07, 6.45) is 2.69. The SMILES string of the molecule is CCCCc1ccc(C(=O)c2ccccc2NC(=O)OCc2ccccc2)cc1. The smallest absolute Gasteiger partial charge is 0.411 e. The standard InChI is InChI=1S/C25H25NO3/c1-2-3-9-19-14-16-21(17-15-19)24(27)22-12-7-8-13-23(22)26-25(28)29-18-20-10-5-4-6-11-20/h4-8,10-17H,2-3,9,18H2,1H3,(H,26,28). The number of hydrogen-bond donors (Lipinski definition) is 1. The maximum absolute atomic E-state index is 13.0. The highest BCUT2D eigenvalue weighted by Gasteiger charge is 2.15. The van der Waals surface area contributed by atoms with E-state index in [1.54, 1.807) is 24.3 Å². The lowest BCUT2D eigenvalue weighted by molar-refractivity contribution is 0.103. The minimum atomic E-state index is -0.594. The van der Waals surface area contributed by atoms with E-state index in [4.69, 9.17) is 4.74 Å². The van der Waals surface area contributed by atoms with Crippen LogP contribution in [0, 0.1) is 0 Å². The molecule has 148 valence electrons. The summed E-state index contributed by atoms with van der Waals surface area (Å²) < 4.78 is 5.26. The Labute approximate surface area is 171 Å². The minimum Gasteiger partial charge on any atom is -0.444 e. The van der Waals surface area contributed by atoms with E-state index in [0.29, 0.717) is 16.8 Å². The molecule has 1 N–H and O–H groups in total. The van der Waals surface area contributed by atoms with E-state index >= 15 is 0 Å². The number of amides is 1. The largest absolute Gasteiger partial charge is 0.444 e. The number of ether oxygens (including phenoxy) is 1. The molecule has 4 heteroatoms. The zero-order valence-electron chi connectivity index (χ0n) is 16.6. The van der Waals surface area contributed by atoms with Crippen LogP contribution in [0.4, 0.5) is 10.5 Å². The first-order chi connectivity index (χ1) is 14.2. The predicted octanol–water partition coefficient (Wildman–Crippen LogP) is 6.01. The molecule has 1 amide bonds. The lowest BCUT2D eigenvalue weighted by atomic mass is 9.99. The number of benzene rings is 3. The zero-order valence-corrected chi connectivity index (χ0v) is 16.6. The van der Waals surface area contributed by atoms with Crippen molar-refractivity contribution in [3.63, 3.8) is 0 Å². The van der Waals surface area contributed by atoms with Crippen molar-refractivity contribution in [1.82, 2.24) is 0 Å². The predicted molar refractivity (Wildman–Crippen MR) is 115 cm³/mol. The summed E-state index contributed by atoms with van der Waals surface area (Å²) in [4.78, 5) is 25.2. The third-order valence-electron chi connectivity index (χ3n) is 4.66. The van der Waals surface area contributed by atoms with Crippen molar-refractivity contribution >= 4 is 17.6 Å². The molecule has 3 rings (SSSR count). The van der Waals surface area contributed by atoms with Crippen molar-refractivity contribution < 1.29 is 14.3 Å². The number of aryl methyl sites for hydroxylation is 1. The molecule has 0 aliphatic heterocycles. The zero-order chi connectivity index (χ0) is 20.5. The van der Waals surface area contributed by atoms with E-state index in [9.17, 15) is 9.59 Å². The van der Waals surface area contributed by atoms with Gasteiger partial charge in [0, 0.05) is 11.1 Å². The first kappa shape index (κ1) is 20.3. The Balaban J connectivity index is 1.67. The molecule has 0 radical (unpaired) electrons. The van der Waals surface area contributed by atoms with Crippen LogP contribution in [0.15, 0.2) is 78.9 Å². The van der Waals surface area contributed by atoms with Crippen molar-refractivity contribution in [2.45, 2.75) is 32.8 Å². The molecule has 0 heterocycles. The quantitative estimate of drug-likeness (QED) is 0.482. The maximum atomic E-state index is 13.0. The van der Waals surface area contributed by atoms with Crippen LogP contribution in [-0.2, 0) is 17.8 Å². The van der Waals surface area contributed by atoms with E-state index in [1.807, 2.05) is 54.6 Å². The number of ketones is 1. The van der Waals surface area contributed by atoms with Crippen molar-refractivity contribution in [3.8, 4) is 0 Å². The van der Waals surface area contributed by atoms with Crippen molar-refractivity contribution in [2.24, 2.45) is 0 Å². The number of para-hydroxylation sites is 1. The van der Waals surface area contributed by atoms with Gasteiger partial charge >= 0.3 is 6.09 Å². The van der Waals surface area contributed by atoms with E-state index in [0.717, 1.165) is 24.8 Å². The Kier molecular flexibility index (Phi) is 7.17. The average Bonchev–Trinajstić information content (AvgIpc) is 2.77. The topological polar surface area (TPSA) is 55.4 Å². The molecular weight excluding hydrogens is 362 g/mol. The first-order valence-electron chi connectivity index (χ1n) is 9.87. The van der Waals surface area contributed by atoms with Crippen LogP contribution in [-0.4, -0.2) is 11.9 Å². The second-order valence-electron chi connectivity index (χ2n) is 6.86. The molecule has 0 unspecified atom stereocenters. The highest BCUT2D eigenvalue weighted by atomic mass is 16.5. The molecule has 0 fully saturated rings. The van der Waals surface area contributed by atoms with E-state index < -0.39 is 6.09 Å². The summed E-state index contributed by atoms with van der Waals surface area (Å²) in [6.45, 7) is 2.33. The fourth-order valence-electron chi connectivity index (χ4n) is 3.02. The number of anilines is 1. The molecule has 0 aromatic heterocycles. The third kappa shape index (κ3) is 5.79. The molecule has 29 heavy (non-hydrogen) atoms. The van der Waals surface area contributed by atoms with E-state index in [2.05, 4.69) is 12.2 Å². The Morgan fingerprint density at radius 2 is 1.52 bits per heavy atom. The number of unbranched alkanes of at least 4 members (excludes halogenated alkanes) is 1. The van der Waals surface area contributed by atoms with Crippen molar-refractivity contribution in [2.75, 3.05) is 5.32 Å². The van der Waals surface area contributed by atoms with E-state index in [-0.39, 0.29) is 12.4 Å². The van der Waals surface area contributed by atoms with Gasteiger partial charge in [0.25, 0.3) is 0 Å². The first-order valence-corrected chi connectivity index (χ1v) is 9.87. The average molecular weight is 387 g/mol. The monoisotopic (exact) mass is 387 g/mol. The molecule has 0 spiro atoms. The second-order valence-corrected chi connectivity index (χ2v) is 6.86. The van der Waals surface area contributed by atoms with Crippen molar-refractivity contribution in [3.05, 3.63) is 101 Å². The van der Waals surface area contributed by atoms with Gasteiger partial charge in [-0.25, -0.2) is 4.79 Å². The summed E-state index contributed by atoms with van der Waals surface area (Å²) in [6, 6.07) is 24.1. The Bertz CT molecular complexity index is 949. The van der Waals surface area contributed by atoms with Gasteiger partial charge in [0.1, 0.15) is 6.61 Å². The van der Waals surface area contributed by atoms with Crippen LogP contribution < -0.4 is 5.32 Å². The van der Waals surface area contributed by atoms with Gasteiger partial charge in [-0.15, -0.1) is 0 Å². The molecule has 0 saturated heterocycles. The normalized spacial score (nSPS) is 10.4. The highest BCUT2D eigenvalue weighted by Crippen LogP contribution is 2.20. The Morgan fingerprint density at radius 3 is 2.24 bits per heavy atom. The summed E-state index contributed by atoms with van der Waals surface area (Å²) in [5.41, 5.74) is 3.59. The maximum Gasteiger partial charge on any atom is 0.411 e. The minimum absolute atomic E-state index is 0.133. The van der Waals surface area contributed by atoms with E-state index in [1.165, 1.54) is 5.56 Å². The number of hydrogen-bond acceptors (Lipinski definition) is 3. The number of carbonyl (C=O) groups excluding carboxylic acids is 2. The number of rotatable bonds is 8.